The third-order valence-electron chi connectivity index (χ3n) is 10.1. The SMILES string of the molecule is [2H]C([2H])([2H])N1CC[C@H](C(F)F)[C@](C)(C([2H])([2H])Oc2nc(N3CCOC[C@H]4[C@H](F)[C@H]43)c3c(C#C[Si](C(C)C)(C(C)C)C(C)C)nc(Cl)c(F)c3n2)C1. The van der Waals surface area contributed by atoms with Gasteiger partial charge in [-0.2, -0.15) is 9.97 Å². The van der Waals surface area contributed by atoms with E-state index in [0.717, 1.165) is 4.90 Å². The summed E-state index contributed by atoms with van der Waals surface area (Å²) in [5, 5.41) is -0.535. The average molecular weight is 689 g/mol. The van der Waals surface area contributed by atoms with Crippen LogP contribution in [0, 0.1) is 34.5 Å². The predicted molar refractivity (Wildman–Crippen MR) is 176 cm³/mol. The highest BCUT2D eigenvalue weighted by atomic mass is 35.5. The van der Waals surface area contributed by atoms with Crippen molar-refractivity contribution in [2.24, 2.45) is 17.3 Å². The minimum atomic E-state index is -3.01. The van der Waals surface area contributed by atoms with Crippen molar-refractivity contribution < 1.29 is 33.9 Å². The maximum atomic E-state index is 16.1. The van der Waals surface area contributed by atoms with Crippen LogP contribution in [-0.4, -0.2) is 92.9 Å². The van der Waals surface area contributed by atoms with Crippen LogP contribution in [-0.2, 0) is 4.74 Å². The van der Waals surface area contributed by atoms with Crippen LogP contribution in [0.3, 0.4) is 0 Å². The summed E-state index contributed by atoms with van der Waals surface area (Å²) in [4.78, 5) is 15.6. The molecule has 2 saturated heterocycles. The Balaban J connectivity index is 1.73. The predicted octanol–water partition coefficient (Wildman–Crippen LogP) is 7.16. The standard InChI is InChI=1S/C33H46ClF4N5O2Si/c1-18(2)46(19(3)4,20(5)6)14-10-23-24-27(26(36)29(34)39-23)40-32(41-31(24)43-12-13-44-15-21-25(35)28(21)43)45-17-33(7)16-42(8)11-9-22(33)30(37)38/h18-22,25,28,30H,9,11-13,15-17H2,1-8H3/t21-,22+,25-,28-,33-/m0/s1/i8D3,17D2. The Labute approximate surface area is 282 Å². The Morgan fingerprint density at radius 3 is 2.48 bits per heavy atom. The molecule has 0 spiro atoms. The zero-order valence-corrected chi connectivity index (χ0v) is 29.1. The summed E-state index contributed by atoms with van der Waals surface area (Å²) in [6.07, 6.45) is -4.63. The van der Waals surface area contributed by atoms with Crippen molar-refractivity contribution in [2.45, 2.75) is 90.1 Å². The van der Waals surface area contributed by atoms with Crippen molar-refractivity contribution in [3.8, 4) is 17.5 Å². The molecule has 3 fully saturated rings. The van der Waals surface area contributed by atoms with Gasteiger partial charge in [0.25, 0.3) is 0 Å². The molecule has 3 aliphatic rings. The van der Waals surface area contributed by atoms with Crippen LogP contribution in [0.4, 0.5) is 23.4 Å². The molecule has 0 unspecified atom stereocenters. The molecule has 13 heteroatoms. The summed E-state index contributed by atoms with van der Waals surface area (Å²) >= 11 is 6.34. The summed E-state index contributed by atoms with van der Waals surface area (Å²) < 4.78 is 113. The first-order valence-corrected chi connectivity index (χ1v) is 18.5. The average Bonchev–Trinajstić information content (AvgIpc) is 3.71. The second kappa shape index (κ2) is 13.4. The number of hydrogen-bond donors (Lipinski definition) is 0. The molecule has 0 N–H and O–H groups in total. The number of pyridine rings is 1. The molecule has 0 aromatic carbocycles. The van der Waals surface area contributed by atoms with E-state index in [-0.39, 0.29) is 66.2 Å². The molecule has 2 aromatic rings. The quantitative estimate of drug-likeness (QED) is 0.126. The molecule has 0 radical (unpaired) electrons. The lowest BCUT2D eigenvalue weighted by molar-refractivity contribution is -0.0679. The van der Waals surface area contributed by atoms with E-state index in [0.29, 0.717) is 0 Å². The number of anilines is 1. The molecular formula is C33H46ClF4N5O2Si. The van der Waals surface area contributed by atoms with Crippen LogP contribution < -0.4 is 9.64 Å². The number of ether oxygens (including phenoxy) is 2. The highest BCUT2D eigenvalue weighted by molar-refractivity contribution is 6.90. The molecule has 1 saturated carbocycles. The maximum Gasteiger partial charge on any atom is 0.319 e. The molecule has 5 atom stereocenters. The van der Waals surface area contributed by atoms with Gasteiger partial charge in [0.1, 0.15) is 31.3 Å². The zero-order valence-electron chi connectivity index (χ0n) is 32.3. The summed E-state index contributed by atoms with van der Waals surface area (Å²) in [6.45, 7) is 7.95. The minimum absolute atomic E-state index is 0.0270. The van der Waals surface area contributed by atoms with E-state index in [1.807, 2.05) is 0 Å². The van der Waals surface area contributed by atoms with Gasteiger partial charge >= 0.3 is 6.01 Å². The summed E-state index contributed by atoms with van der Waals surface area (Å²) in [5.74, 6) is -0.0186. The minimum Gasteiger partial charge on any atom is -0.463 e. The molecule has 2 aromatic heterocycles. The number of piperidine rings is 1. The van der Waals surface area contributed by atoms with Crippen LogP contribution in [0.15, 0.2) is 0 Å². The number of hydrogen-bond acceptors (Lipinski definition) is 7. The van der Waals surface area contributed by atoms with Gasteiger partial charge in [-0.25, -0.2) is 22.5 Å². The number of rotatable bonds is 8. The summed E-state index contributed by atoms with van der Waals surface area (Å²) in [7, 11) is -2.37. The Morgan fingerprint density at radius 2 is 1.85 bits per heavy atom. The number of likely N-dealkylation sites (tertiary alicyclic amines) is 1. The Morgan fingerprint density at radius 1 is 1.15 bits per heavy atom. The highest BCUT2D eigenvalue weighted by Crippen LogP contribution is 2.46. The van der Waals surface area contributed by atoms with Gasteiger partial charge in [0, 0.05) is 34.5 Å². The number of alkyl halides is 3. The molecule has 7 nitrogen and oxygen atoms in total. The lowest BCUT2D eigenvalue weighted by Crippen LogP contribution is -2.51. The number of aromatic nitrogens is 3. The molecule has 4 heterocycles. The second-order valence-corrected chi connectivity index (χ2v) is 19.8. The molecule has 2 aliphatic heterocycles. The Hall–Kier alpha value is -2.20. The van der Waals surface area contributed by atoms with E-state index in [1.165, 1.54) is 6.92 Å². The van der Waals surface area contributed by atoms with Crippen LogP contribution in [0.2, 0.25) is 21.8 Å². The van der Waals surface area contributed by atoms with Gasteiger partial charge in [-0.15, -0.1) is 5.54 Å². The molecule has 46 heavy (non-hydrogen) atoms. The van der Waals surface area contributed by atoms with Crippen molar-refractivity contribution in [3.63, 3.8) is 0 Å². The number of halogens is 5. The first-order chi connectivity index (χ1) is 23.6. The fourth-order valence-corrected chi connectivity index (χ4v) is 13.0. The van der Waals surface area contributed by atoms with Crippen LogP contribution in [0.5, 0.6) is 6.01 Å². The van der Waals surface area contributed by atoms with E-state index in [1.54, 1.807) is 4.90 Å². The van der Waals surface area contributed by atoms with Gasteiger partial charge in [0.15, 0.2) is 11.0 Å². The second-order valence-electron chi connectivity index (χ2n) is 13.9. The van der Waals surface area contributed by atoms with Gasteiger partial charge in [-0.05, 0) is 36.6 Å². The van der Waals surface area contributed by atoms with Crippen molar-refractivity contribution in [2.75, 3.05) is 51.3 Å². The maximum absolute atomic E-state index is 16.1. The van der Waals surface area contributed by atoms with Gasteiger partial charge in [-0.1, -0.05) is 66.0 Å². The fourth-order valence-electron chi connectivity index (χ4n) is 7.62. The summed E-state index contributed by atoms with van der Waals surface area (Å²) in [5.41, 5.74) is 1.84. The highest BCUT2D eigenvalue weighted by Gasteiger charge is 2.56. The van der Waals surface area contributed by atoms with Gasteiger partial charge in [0.2, 0.25) is 6.43 Å². The first kappa shape index (κ1) is 28.8. The Kier molecular flexibility index (Phi) is 8.36. The van der Waals surface area contributed by atoms with E-state index in [2.05, 4.69) is 68.0 Å². The molecule has 0 amide bonds. The third kappa shape index (κ3) is 6.33. The van der Waals surface area contributed by atoms with Crippen molar-refractivity contribution >= 4 is 36.4 Å². The van der Waals surface area contributed by atoms with Gasteiger partial charge < -0.3 is 19.3 Å². The number of nitrogens with zero attached hydrogens (tertiary/aromatic N) is 5. The zero-order chi connectivity index (χ0) is 38.0. The first-order valence-electron chi connectivity index (χ1n) is 18.4. The third-order valence-corrected chi connectivity index (χ3v) is 16.7. The smallest absolute Gasteiger partial charge is 0.319 e. The van der Waals surface area contributed by atoms with Crippen molar-refractivity contribution in [1.82, 2.24) is 19.9 Å². The summed E-state index contributed by atoms with van der Waals surface area (Å²) in [6, 6.07) is -1.44. The van der Waals surface area contributed by atoms with Crippen molar-refractivity contribution in [3.05, 3.63) is 16.7 Å². The molecule has 0 bridgehead atoms. The molecule has 254 valence electrons. The molecule has 5 rings (SSSR count). The van der Waals surface area contributed by atoms with Gasteiger partial charge in [-0.3, -0.25) is 0 Å². The van der Waals surface area contributed by atoms with E-state index in [4.69, 9.17) is 27.9 Å². The van der Waals surface area contributed by atoms with Crippen molar-refractivity contribution in [1.29, 1.82) is 0 Å². The normalized spacial score (nSPS) is 29.5. The van der Waals surface area contributed by atoms with Gasteiger partial charge in [0.05, 0.1) is 33.9 Å². The largest absolute Gasteiger partial charge is 0.463 e. The van der Waals surface area contributed by atoms with E-state index in [9.17, 15) is 8.78 Å². The van der Waals surface area contributed by atoms with Crippen LogP contribution in [0.25, 0.3) is 10.9 Å². The fraction of sp³-hybridized carbons (Fsp3) is 0.727. The van der Waals surface area contributed by atoms with Crippen LogP contribution in [0.1, 0.15) is 67.4 Å². The van der Waals surface area contributed by atoms with E-state index >= 15 is 8.78 Å². The number of fused-ring (bicyclic) bond motifs is 2. The lowest BCUT2D eigenvalue weighted by Gasteiger charge is -2.44. The monoisotopic (exact) mass is 688 g/mol. The van der Waals surface area contributed by atoms with Crippen LogP contribution >= 0.6 is 11.6 Å². The topological polar surface area (TPSA) is 63.6 Å². The van der Waals surface area contributed by atoms with E-state index < -0.39 is 86.5 Å². The molecular weight excluding hydrogens is 638 g/mol. The Bertz CT molecular complexity index is 1680. The molecule has 1 aliphatic carbocycles. The lowest BCUT2D eigenvalue weighted by atomic mass is 9.73.